The Kier molecular flexibility index (Phi) is 62.9. The van der Waals surface area contributed by atoms with Gasteiger partial charge in [-0.15, -0.1) is 6.58 Å². The summed E-state index contributed by atoms with van der Waals surface area (Å²) in [5.74, 6) is 0.611. The highest BCUT2D eigenvalue weighted by Gasteiger charge is 2.32. The van der Waals surface area contributed by atoms with Crippen molar-refractivity contribution in [1.82, 2.24) is 0 Å². The van der Waals surface area contributed by atoms with Crippen LogP contribution < -0.4 is 4.74 Å². The third kappa shape index (κ3) is 60.7. The third-order valence-electron chi connectivity index (χ3n) is 16.3. The largest absolute Gasteiger partial charge is 0.497 e. The molecule has 115 heavy (non-hydrogen) atoms. The number of ether oxygens (including phenoxy) is 6. The molecule has 0 bridgehead atoms. The van der Waals surface area contributed by atoms with Gasteiger partial charge >= 0.3 is 29.8 Å². The van der Waals surface area contributed by atoms with Crippen LogP contribution in [-0.4, -0.2) is 85.3 Å². The first-order chi connectivity index (χ1) is 53.9. The fourth-order valence-corrected chi connectivity index (χ4v) is 9.46. The van der Waals surface area contributed by atoms with Gasteiger partial charge in [0.15, 0.2) is 0 Å². The van der Waals surface area contributed by atoms with Crippen molar-refractivity contribution in [2.45, 2.75) is 240 Å². The number of Topliss-reactive ketones (excluding diaryl/α,β-unsaturated/α-hetero) is 1. The predicted octanol–water partition coefficient (Wildman–Crippen LogP) is 26.9. The van der Waals surface area contributed by atoms with Gasteiger partial charge in [-0.3, -0.25) is 24.0 Å². The van der Waals surface area contributed by atoms with E-state index in [4.69, 9.17) is 18.9 Å². The molecule has 0 unspecified atom stereocenters. The molecule has 0 aliphatic heterocycles. The molecule has 0 atom stereocenters. The second kappa shape index (κ2) is 64.7. The molecular formula is C101H150O12Si2. The molecular weight excluding hydrogens is 1460 g/mol. The highest BCUT2D eigenvalue weighted by atomic mass is 28.3. The summed E-state index contributed by atoms with van der Waals surface area (Å²) in [4.78, 5) is 61.2. The Hall–Kier alpha value is -9.51. The van der Waals surface area contributed by atoms with Crippen LogP contribution in [0.5, 0.6) is 5.75 Å². The van der Waals surface area contributed by atoms with Crippen LogP contribution in [0.4, 0.5) is 0 Å². The van der Waals surface area contributed by atoms with Crippen LogP contribution in [0.25, 0.3) is 11.1 Å². The lowest BCUT2D eigenvalue weighted by molar-refractivity contribution is -0.143. The number of benzene rings is 8. The van der Waals surface area contributed by atoms with E-state index < -0.39 is 16.1 Å². The fourth-order valence-electron chi connectivity index (χ4n) is 8.75. The molecule has 634 valence electrons. The molecule has 0 radical (unpaired) electrons. The summed E-state index contributed by atoms with van der Waals surface area (Å²) in [5, 5.41) is 0.576. The van der Waals surface area contributed by atoms with Crippen LogP contribution in [0.3, 0.4) is 0 Å². The number of aryl methyl sites for hydroxylation is 2. The average Bonchev–Trinajstić information content (AvgIpc) is 1.75. The van der Waals surface area contributed by atoms with Crippen molar-refractivity contribution in [1.29, 1.82) is 0 Å². The van der Waals surface area contributed by atoms with E-state index in [9.17, 15) is 28.8 Å². The van der Waals surface area contributed by atoms with E-state index in [1.165, 1.54) is 105 Å². The van der Waals surface area contributed by atoms with Gasteiger partial charge in [-0.25, -0.2) is 0 Å². The Balaban J connectivity index is -0.000000602. The van der Waals surface area contributed by atoms with Crippen LogP contribution in [0, 0.1) is 11.3 Å². The van der Waals surface area contributed by atoms with E-state index in [0.717, 1.165) is 36.6 Å². The van der Waals surface area contributed by atoms with Crippen molar-refractivity contribution in [2.24, 2.45) is 11.3 Å². The fraction of sp³-hybridized carbons (Fsp3) is 0.426. The van der Waals surface area contributed by atoms with E-state index in [0.29, 0.717) is 49.4 Å². The average molecular weight is 1610 g/mol. The molecule has 0 fully saturated rings. The zero-order valence-corrected chi connectivity index (χ0v) is 78.3. The quantitative estimate of drug-likeness (QED) is 0.0264. The lowest BCUT2D eigenvalue weighted by atomic mass is 9.71. The number of carbonyl (C=O) groups is 6. The molecule has 8 aromatic carbocycles. The number of esters is 5. The van der Waals surface area contributed by atoms with Crippen molar-refractivity contribution in [2.75, 3.05) is 33.5 Å². The number of carbonyl (C=O) groups excluding carboxylic acids is 6. The summed E-state index contributed by atoms with van der Waals surface area (Å²) in [5.41, 5.74) is 13.1. The highest BCUT2D eigenvalue weighted by Crippen LogP contribution is 2.45. The van der Waals surface area contributed by atoms with Crippen molar-refractivity contribution < 1.29 is 57.2 Å². The molecule has 8 aromatic rings. The van der Waals surface area contributed by atoms with Crippen LogP contribution in [-0.2, 0) is 77.3 Å². The van der Waals surface area contributed by atoms with Gasteiger partial charge in [0, 0.05) is 62.1 Å². The van der Waals surface area contributed by atoms with Gasteiger partial charge < -0.3 is 33.2 Å². The van der Waals surface area contributed by atoms with Crippen molar-refractivity contribution >= 4 is 51.8 Å². The van der Waals surface area contributed by atoms with E-state index >= 15 is 0 Å². The summed E-state index contributed by atoms with van der Waals surface area (Å²) in [6.45, 7) is 65.7. The number of hydrogen-bond acceptors (Lipinski definition) is 12. The molecule has 0 amide bonds. The van der Waals surface area contributed by atoms with Crippen LogP contribution in [0.2, 0.25) is 50.4 Å². The standard InChI is InChI=1S/C20H18.C16H14O2.C9H10O2.C9H12O.C8H10.C7H16O2Si.C7H18Si.C6H12O2.C5H8O2.C5H12.C4H8.C3H6O.C2H6/c1-20(17-11-5-2-6-12-17,18-13-7-3-8-14-18)19-15-9-4-10-16-19;1-11(17)18-10-16-14-8-4-2-6-12(14)13-7-3-5-9-15(13)16;1-8(10)11-7-9-5-3-2-4-6-9;1-3-8-4-6-9(10-2)7-5-8;1-2-8-6-4-3-5-7-8;1-7(8)9-5-6-10(2,3)4;1-7(2,3)8(4,5)6;1-5(2)4-8-6(3)7;1-3-4-7-5(2)6;1-5(2,3)4;1-3-4-2;1-3(2)4;1-2/h2-16H,1H3;2-9,16H,10H2,1H3;2-6H,7H2,1H3;4-7H,3H2,1-2H3;3-7H,2H2,1H3;5-6H2,1-4H3;1-6H3;5H,4H2,1-3H3;3H,1,4H2,2H3;1-4H3;3H,1,4H2,2H3;1-2H3;1-2H3. The first-order valence-electron chi connectivity index (χ1n) is 40.3. The molecule has 0 saturated carbocycles. The normalized spacial score (nSPS) is 10.4. The Morgan fingerprint density at radius 1 is 0.426 bits per heavy atom. The van der Waals surface area contributed by atoms with Crippen molar-refractivity contribution in [3.63, 3.8) is 0 Å². The number of allylic oxidation sites excluding steroid dienone is 1. The number of hydrogen-bond donors (Lipinski definition) is 0. The van der Waals surface area contributed by atoms with E-state index in [-0.39, 0.29) is 47.0 Å². The van der Waals surface area contributed by atoms with Gasteiger partial charge in [0.1, 0.15) is 31.4 Å². The van der Waals surface area contributed by atoms with E-state index in [2.05, 4.69) is 290 Å². The second-order valence-corrected chi connectivity index (χ2v) is 43.7. The number of rotatable bonds is 18. The maximum atomic E-state index is 11.0. The van der Waals surface area contributed by atoms with Crippen LogP contribution in [0.1, 0.15) is 209 Å². The van der Waals surface area contributed by atoms with Gasteiger partial charge in [0.25, 0.3) is 0 Å². The maximum absolute atomic E-state index is 11.0. The first-order valence-corrected chi connectivity index (χ1v) is 47.5. The lowest BCUT2D eigenvalue weighted by Crippen LogP contribution is -2.32. The van der Waals surface area contributed by atoms with Crippen LogP contribution in [0.15, 0.2) is 250 Å². The SMILES string of the molecule is C=CCC.C=CCOC(C)=O.CC.CC(=O)OCC(C)C.CC(=O)OCC1c2ccccc2-c2ccccc21.CC(=O)OCC[Si](C)(C)C.CC(=O)OCc1ccccc1.CC(C)(C)C.CC(C)(C)[Si](C)(C)C.CC(C)=O.CC(c1ccccc1)(c1ccccc1)c1ccccc1.CCc1ccc(OC)cc1.CCc1ccccc1. The maximum Gasteiger partial charge on any atom is 0.302 e. The number of methoxy groups -OCH3 is 1. The van der Waals surface area contributed by atoms with E-state index in [1.54, 1.807) is 7.11 Å². The minimum Gasteiger partial charge on any atom is -0.497 e. The second-order valence-electron chi connectivity index (χ2n) is 32.1. The molecule has 1 aliphatic rings. The Morgan fingerprint density at radius 3 is 0.983 bits per heavy atom. The summed E-state index contributed by atoms with van der Waals surface area (Å²) in [6.07, 6.45) is 6.71. The molecule has 14 heteroatoms. The topological polar surface area (TPSA) is 158 Å². The highest BCUT2D eigenvalue weighted by molar-refractivity contribution is 6.78. The summed E-state index contributed by atoms with van der Waals surface area (Å²) >= 11 is 0. The van der Waals surface area contributed by atoms with Gasteiger partial charge in [-0.2, -0.15) is 0 Å². The zero-order valence-electron chi connectivity index (χ0n) is 76.3. The van der Waals surface area contributed by atoms with Crippen molar-refractivity contribution in [3.05, 3.63) is 294 Å². The van der Waals surface area contributed by atoms with E-state index in [1.807, 2.05) is 107 Å². The zero-order chi connectivity index (χ0) is 88.7. The predicted molar refractivity (Wildman–Crippen MR) is 495 cm³/mol. The summed E-state index contributed by atoms with van der Waals surface area (Å²) < 4.78 is 28.9. The van der Waals surface area contributed by atoms with Gasteiger partial charge in [-0.1, -0.05) is 367 Å². The number of fused-ring (bicyclic) bond motifs is 3. The molecule has 9 rings (SSSR count). The van der Waals surface area contributed by atoms with Crippen LogP contribution >= 0.6 is 0 Å². The third-order valence-corrected chi connectivity index (χ3v) is 22.5. The lowest BCUT2D eigenvalue weighted by Gasteiger charge is -2.32. The molecule has 0 saturated heterocycles. The monoisotopic (exact) mass is 1610 g/mol. The Bertz CT molecular complexity index is 3620. The van der Waals surface area contributed by atoms with Crippen molar-refractivity contribution in [3.8, 4) is 16.9 Å². The molecule has 0 aromatic heterocycles. The van der Waals surface area contributed by atoms with Gasteiger partial charge in [0.2, 0.25) is 0 Å². The molecule has 0 N–H and O–H groups in total. The minimum atomic E-state index is -1.00. The molecule has 0 spiro atoms. The smallest absolute Gasteiger partial charge is 0.302 e. The molecule has 12 nitrogen and oxygen atoms in total. The summed E-state index contributed by atoms with van der Waals surface area (Å²) in [6, 6.07) is 78.0. The Morgan fingerprint density at radius 2 is 0.730 bits per heavy atom. The first kappa shape index (κ1) is 112. The van der Waals surface area contributed by atoms with Gasteiger partial charge in [-0.05, 0) is 130 Å². The minimum absolute atomic E-state index is 0.121. The summed E-state index contributed by atoms with van der Waals surface area (Å²) in [7, 11) is -0.179. The van der Waals surface area contributed by atoms with Gasteiger partial charge in [0.05, 0.1) is 20.3 Å². The molecule has 1 aliphatic carbocycles. The Labute approximate surface area is 700 Å². The molecule has 0 heterocycles. The number of ketones is 1.